The number of pyridine rings is 2. The number of fused-ring (bicyclic) bond motifs is 1. The maximum absolute atomic E-state index is 13.0. The zero-order valence-corrected chi connectivity index (χ0v) is 17.2. The van der Waals surface area contributed by atoms with Crippen LogP contribution in [-0.2, 0) is 18.8 Å². The molecule has 0 fully saturated rings. The maximum atomic E-state index is 13.0. The number of aryl methyl sites for hydroxylation is 1. The van der Waals surface area contributed by atoms with E-state index >= 15 is 0 Å². The van der Waals surface area contributed by atoms with Gasteiger partial charge in [-0.25, -0.2) is 9.97 Å². The molecule has 3 aromatic heterocycles. The molecule has 0 amide bonds. The van der Waals surface area contributed by atoms with Crippen molar-refractivity contribution in [1.29, 1.82) is 0 Å². The molecule has 3 heterocycles. The number of nitrogens with zero attached hydrogens (tertiary/aromatic N) is 4. The molecule has 0 aliphatic rings. The van der Waals surface area contributed by atoms with Gasteiger partial charge in [-0.05, 0) is 44.3 Å². The van der Waals surface area contributed by atoms with Crippen LogP contribution in [0.2, 0.25) is 0 Å². The smallest absolute Gasteiger partial charge is 0.311 e. The zero-order chi connectivity index (χ0) is 20.7. The lowest BCUT2D eigenvalue weighted by atomic mass is 9.96. The van der Waals surface area contributed by atoms with Crippen molar-refractivity contribution in [2.75, 3.05) is 12.8 Å². The van der Waals surface area contributed by atoms with Crippen LogP contribution in [0.25, 0.3) is 22.7 Å². The van der Waals surface area contributed by atoms with Gasteiger partial charge in [0.25, 0.3) is 0 Å². The zero-order valence-electron chi connectivity index (χ0n) is 16.3. The lowest BCUT2D eigenvalue weighted by molar-refractivity contribution is -0.137. The van der Waals surface area contributed by atoms with Crippen LogP contribution in [0.5, 0.6) is 0 Å². The highest BCUT2D eigenvalue weighted by Crippen LogP contribution is 2.35. The van der Waals surface area contributed by atoms with Crippen molar-refractivity contribution in [3.63, 3.8) is 0 Å². The quantitative estimate of drug-likeness (QED) is 0.624. The van der Waals surface area contributed by atoms with Crippen molar-refractivity contribution in [3.8, 4) is 11.5 Å². The van der Waals surface area contributed by atoms with E-state index in [9.17, 15) is 13.2 Å². The van der Waals surface area contributed by atoms with Gasteiger partial charge in [0.2, 0.25) is 0 Å². The molecule has 0 aromatic carbocycles. The summed E-state index contributed by atoms with van der Waals surface area (Å²) in [6.07, 6.45) is -1.85. The van der Waals surface area contributed by atoms with Gasteiger partial charge < -0.3 is 9.88 Å². The first-order valence-corrected chi connectivity index (χ1v) is 9.79. The van der Waals surface area contributed by atoms with Gasteiger partial charge in [-0.15, -0.1) is 11.8 Å². The predicted molar refractivity (Wildman–Crippen MR) is 105 cm³/mol. The molecule has 0 atom stereocenters. The third kappa shape index (κ3) is 3.73. The van der Waals surface area contributed by atoms with Crippen molar-refractivity contribution in [3.05, 3.63) is 35.7 Å². The fourth-order valence-corrected chi connectivity index (χ4v) is 3.61. The van der Waals surface area contributed by atoms with Crippen LogP contribution in [0.15, 0.2) is 29.4 Å². The highest BCUT2D eigenvalue weighted by molar-refractivity contribution is 7.99. The van der Waals surface area contributed by atoms with E-state index in [0.29, 0.717) is 17.2 Å². The summed E-state index contributed by atoms with van der Waals surface area (Å²) < 4.78 is 40.7. The maximum Gasteiger partial charge on any atom is 0.417 e. The molecule has 1 N–H and O–H groups in total. The van der Waals surface area contributed by atoms with E-state index < -0.39 is 11.7 Å². The third-order valence-electron chi connectivity index (χ3n) is 4.75. The first-order chi connectivity index (χ1) is 13.1. The van der Waals surface area contributed by atoms with Gasteiger partial charge in [-0.2, -0.15) is 13.2 Å². The van der Waals surface area contributed by atoms with Crippen molar-refractivity contribution in [2.45, 2.75) is 37.4 Å². The molecule has 0 radical (unpaired) electrons. The second-order valence-corrected chi connectivity index (χ2v) is 8.24. The van der Waals surface area contributed by atoms with E-state index in [-0.39, 0.29) is 11.1 Å². The number of alkyl halides is 3. The number of rotatable bonds is 5. The molecule has 0 aliphatic heterocycles. The number of nitrogens with one attached hydrogen (secondary N) is 1. The highest BCUT2D eigenvalue weighted by atomic mass is 32.2. The molecule has 9 heteroatoms. The summed E-state index contributed by atoms with van der Waals surface area (Å²) >= 11 is 1.62. The minimum Gasteiger partial charge on any atom is -0.311 e. The molecule has 0 bridgehead atoms. The Bertz CT molecular complexity index is 1010. The minimum atomic E-state index is -4.46. The average Bonchev–Trinajstić information content (AvgIpc) is 2.97. The number of hydrogen-bond acceptors (Lipinski definition) is 5. The van der Waals surface area contributed by atoms with Crippen LogP contribution in [0.1, 0.15) is 31.9 Å². The first-order valence-electron chi connectivity index (χ1n) is 8.80. The van der Waals surface area contributed by atoms with E-state index in [0.717, 1.165) is 28.5 Å². The van der Waals surface area contributed by atoms with Crippen LogP contribution in [0.4, 0.5) is 13.2 Å². The van der Waals surface area contributed by atoms with Gasteiger partial charge in [-0.3, -0.25) is 4.98 Å². The average molecular weight is 409 g/mol. The second-order valence-electron chi connectivity index (χ2n) is 6.94. The summed E-state index contributed by atoms with van der Waals surface area (Å²) in [4.78, 5) is 13.9. The largest absolute Gasteiger partial charge is 0.417 e. The summed E-state index contributed by atoms with van der Waals surface area (Å²) in [5.74, 6) is 1.32. The van der Waals surface area contributed by atoms with E-state index in [4.69, 9.17) is 0 Å². The normalized spacial score (nSPS) is 12.7. The Morgan fingerprint density at radius 2 is 1.79 bits per heavy atom. The summed E-state index contributed by atoms with van der Waals surface area (Å²) in [7, 11) is 3.62. The Labute approximate surface area is 165 Å². The van der Waals surface area contributed by atoms with Crippen molar-refractivity contribution in [1.82, 2.24) is 24.8 Å². The summed E-state index contributed by atoms with van der Waals surface area (Å²) in [6, 6.07) is 3.08. The summed E-state index contributed by atoms with van der Waals surface area (Å²) in [5.41, 5.74) is 1.16. The predicted octanol–water partition coefficient (Wildman–Crippen LogP) is 4.62. The monoisotopic (exact) mass is 409 g/mol. The van der Waals surface area contributed by atoms with E-state index in [1.165, 1.54) is 0 Å². The van der Waals surface area contributed by atoms with Crippen molar-refractivity contribution in [2.24, 2.45) is 7.05 Å². The Hall–Kier alpha value is -2.13. The Balaban J connectivity index is 2.17. The molecular formula is C19H22F3N5S. The van der Waals surface area contributed by atoms with Gasteiger partial charge in [0.1, 0.15) is 11.2 Å². The molecule has 0 saturated heterocycles. The lowest BCUT2D eigenvalue weighted by Gasteiger charge is -2.25. The number of halogens is 3. The van der Waals surface area contributed by atoms with Crippen LogP contribution in [0.3, 0.4) is 0 Å². The Morgan fingerprint density at radius 3 is 2.39 bits per heavy atom. The number of imidazole rings is 1. The molecule has 0 spiro atoms. The first kappa shape index (κ1) is 20.6. The molecule has 150 valence electrons. The summed E-state index contributed by atoms with van der Waals surface area (Å²) in [5, 5.41) is 3.25. The molecule has 0 saturated carbocycles. The molecule has 0 aliphatic carbocycles. The standard InChI is InChI=1S/C19H22F3N5S/c1-6-28-14-8-11(18(2,3)23-4)9-24-15(14)17-26-13-7-12(19(20,21)22)10-25-16(13)27(17)5/h7-10,23H,6H2,1-5H3. The molecule has 3 rings (SSSR count). The highest BCUT2D eigenvalue weighted by Gasteiger charge is 2.32. The van der Waals surface area contributed by atoms with E-state index in [2.05, 4.69) is 40.2 Å². The van der Waals surface area contributed by atoms with Gasteiger partial charge in [0, 0.05) is 29.9 Å². The number of thioether (sulfide) groups is 1. The molecule has 0 unspecified atom stereocenters. The van der Waals surface area contributed by atoms with Crippen molar-refractivity contribution < 1.29 is 13.2 Å². The van der Waals surface area contributed by atoms with Crippen molar-refractivity contribution >= 4 is 22.9 Å². The fourth-order valence-electron chi connectivity index (χ4n) is 2.81. The minimum absolute atomic E-state index is 0.196. The fraction of sp³-hybridized carbons (Fsp3) is 0.421. The molecule has 3 aromatic rings. The Kier molecular flexibility index (Phi) is 5.42. The van der Waals surface area contributed by atoms with Crippen LogP contribution < -0.4 is 5.32 Å². The van der Waals surface area contributed by atoms with Gasteiger partial charge >= 0.3 is 6.18 Å². The summed E-state index contributed by atoms with van der Waals surface area (Å²) in [6.45, 7) is 6.15. The molecular weight excluding hydrogens is 387 g/mol. The third-order valence-corrected chi connectivity index (χ3v) is 5.66. The lowest BCUT2D eigenvalue weighted by Crippen LogP contribution is -2.33. The Morgan fingerprint density at radius 1 is 1.11 bits per heavy atom. The second kappa shape index (κ2) is 7.36. The SMILES string of the molecule is CCSc1cc(C(C)(C)NC)cnc1-c1nc2cc(C(F)(F)F)cnc2n1C. The molecule has 28 heavy (non-hydrogen) atoms. The van der Waals surface area contributed by atoms with Crippen LogP contribution >= 0.6 is 11.8 Å². The molecule has 5 nitrogen and oxygen atoms in total. The van der Waals surface area contributed by atoms with Gasteiger partial charge in [0.05, 0.1) is 5.56 Å². The number of aromatic nitrogens is 4. The van der Waals surface area contributed by atoms with Gasteiger partial charge in [0.15, 0.2) is 11.5 Å². The topological polar surface area (TPSA) is 55.6 Å². The van der Waals surface area contributed by atoms with E-state index in [1.807, 2.05) is 14.0 Å². The number of hydrogen-bond donors (Lipinski definition) is 1. The van der Waals surface area contributed by atoms with Crippen LogP contribution in [-0.4, -0.2) is 32.3 Å². The van der Waals surface area contributed by atoms with E-state index in [1.54, 1.807) is 29.6 Å². The van der Waals surface area contributed by atoms with Crippen LogP contribution in [0, 0.1) is 0 Å². The van der Waals surface area contributed by atoms with Gasteiger partial charge in [-0.1, -0.05) is 6.92 Å².